The maximum absolute atomic E-state index is 6.06. The summed E-state index contributed by atoms with van der Waals surface area (Å²) >= 11 is 0. The molecule has 0 amide bonds. The van der Waals surface area contributed by atoms with Crippen molar-refractivity contribution in [3.05, 3.63) is 30.1 Å². The Labute approximate surface area is 126 Å². The molecule has 0 saturated carbocycles. The Kier molecular flexibility index (Phi) is 5.19. The van der Waals surface area contributed by atoms with Gasteiger partial charge in [0.05, 0.1) is 25.0 Å². The van der Waals surface area contributed by atoms with Gasteiger partial charge in [0.15, 0.2) is 0 Å². The number of rotatable bonds is 5. The maximum Gasteiger partial charge on any atom is 0.0755 e. The van der Waals surface area contributed by atoms with E-state index in [-0.39, 0.29) is 0 Å². The van der Waals surface area contributed by atoms with E-state index in [0.29, 0.717) is 12.0 Å². The van der Waals surface area contributed by atoms with E-state index in [1.807, 2.05) is 12.3 Å². The van der Waals surface area contributed by atoms with E-state index >= 15 is 0 Å². The van der Waals surface area contributed by atoms with Gasteiger partial charge < -0.3 is 9.47 Å². The van der Waals surface area contributed by atoms with Gasteiger partial charge >= 0.3 is 0 Å². The second-order valence-electron chi connectivity index (χ2n) is 5.98. The highest BCUT2D eigenvalue weighted by Gasteiger charge is 2.36. The van der Waals surface area contributed by atoms with Crippen LogP contribution in [0, 0.1) is 5.92 Å². The van der Waals surface area contributed by atoms with Crippen molar-refractivity contribution in [2.24, 2.45) is 5.92 Å². The largest absolute Gasteiger partial charge is 0.383 e. The number of pyridine rings is 1. The molecule has 1 aromatic heterocycles. The van der Waals surface area contributed by atoms with Gasteiger partial charge in [-0.3, -0.25) is 14.8 Å². The molecule has 0 N–H and O–H groups in total. The lowest BCUT2D eigenvalue weighted by atomic mass is 10.1. The fourth-order valence-electron chi connectivity index (χ4n) is 3.32. The summed E-state index contributed by atoms with van der Waals surface area (Å²) in [5.74, 6) is 0.605. The van der Waals surface area contributed by atoms with Crippen molar-refractivity contribution in [2.75, 3.05) is 53.0 Å². The molecule has 0 spiro atoms. The van der Waals surface area contributed by atoms with Crippen molar-refractivity contribution >= 4 is 0 Å². The third-order valence-corrected chi connectivity index (χ3v) is 4.41. The van der Waals surface area contributed by atoms with Crippen LogP contribution in [0.25, 0.3) is 0 Å². The topological polar surface area (TPSA) is 37.8 Å². The molecule has 0 aromatic carbocycles. The van der Waals surface area contributed by atoms with Crippen molar-refractivity contribution in [3.63, 3.8) is 0 Å². The van der Waals surface area contributed by atoms with E-state index in [9.17, 15) is 0 Å². The predicted octanol–water partition coefficient (Wildman–Crippen LogP) is 0.861. The molecule has 0 radical (unpaired) electrons. The molecular weight excluding hydrogens is 266 g/mol. The van der Waals surface area contributed by atoms with E-state index < -0.39 is 0 Å². The fraction of sp³-hybridized carbons (Fsp3) is 0.688. The Morgan fingerprint density at radius 3 is 3.00 bits per heavy atom. The van der Waals surface area contributed by atoms with Gasteiger partial charge in [0.1, 0.15) is 0 Å². The molecule has 2 aliphatic rings. The van der Waals surface area contributed by atoms with Crippen molar-refractivity contribution in [2.45, 2.75) is 12.6 Å². The first-order valence-electron chi connectivity index (χ1n) is 7.80. The number of methoxy groups -OCH3 is 1. The summed E-state index contributed by atoms with van der Waals surface area (Å²) < 4.78 is 11.3. The smallest absolute Gasteiger partial charge is 0.0755 e. The van der Waals surface area contributed by atoms with Crippen molar-refractivity contribution < 1.29 is 9.47 Å². The lowest BCUT2D eigenvalue weighted by Crippen LogP contribution is -2.34. The Balaban J connectivity index is 1.54. The highest BCUT2D eigenvalue weighted by molar-refractivity contribution is 5.04. The third-order valence-electron chi connectivity index (χ3n) is 4.41. The summed E-state index contributed by atoms with van der Waals surface area (Å²) in [6.07, 6.45) is 2.24. The first kappa shape index (κ1) is 14.9. The van der Waals surface area contributed by atoms with Crippen LogP contribution in [0.2, 0.25) is 0 Å². The van der Waals surface area contributed by atoms with Crippen molar-refractivity contribution in [1.82, 2.24) is 14.8 Å². The van der Waals surface area contributed by atoms with Gasteiger partial charge in [0, 0.05) is 58.5 Å². The van der Waals surface area contributed by atoms with Gasteiger partial charge in [-0.15, -0.1) is 0 Å². The molecule has 2 fully saturated rings. The van der Waals surface area contributed by atoms with Gasteiger partial charge in [-0.25, -0.2) is 0 Å². The summed E-state index contributed by atoms with van der Waals surface area (Å²) in [6, 6.07) is 6.12. The SMILES string of the molecule is COCCN1CCO[C@H]2CN(Cc3ccccn3)C[C@H]2C1. The van der Waals surface area contributed by atoms with E-state index in [1.54, 1.807) is 7.11 Å². The van der Waals surface area contributed by atoms with E-state index in [1.165, 1.54) is 0 Å². The van der Waals surface area contributed by atoms with Crippen LogP contribution in [0.1, 0.15) is 5.69 Å². The fourth-order valence-corrected chi connectivity index (χ4v) is 3.32. The molecule has 2 atom stereocenters. The molecule has 0 unspecified atom stereocenters. The molecule has 0 aliphatic carbocycles. The Morgan fingerprint density at radius 1 is 1.29 bits per heavy atom. The second-order valence-corrected chi connectivity index (χ2v) is 5.98. The summed E-state index contributed by atoms with van der Waals surface area (Å²) in [5, 5.41) is 0. The van der Waals surface area contributed by atoms with Crippen molar-refractivity contribution in [1.29, 1.82) is 0 Å². The minimum atomic E-state index is 0.376. The van der Waals surface area contributed by atoms with Crippen LogP contribution in [0.5, 0.6) is 0 Å². The standard InChI is InChI=1S/C16H25N3O2/c1-20-8-6-18-7-9-21-16-13-19(11-14(16)10-18)12-15-4-2-3-5-17-15/h2-5,14,16H,6-13H2,1H3/t14-,16+/m1/s1. The highest BCUT2D eigenvalue weighted by atomic mass is 16.5. The van der Waals surface area contributed by atoms with Crippen LogP contribution in [0.15, 0.2) is 24.4 Å². The molecule has 0 bridgehead atoms. The number of ether oxygens (including phenoxy) is 2. The Morgan fingerprint density at radius 2 is 2.19 bits per heavy atom. The van der Waals surface area contributed by atoms with Crippen molar-refractivity contribution in [3.8, 4) is 0 Å². The molecule has 5 nitrogen and oxygen atoms in total. The van der Waals surface area contributed by atoms with Gasteiger partial charge in [0.2, 0.25) is 0 Å². The third kappa shape index (κ3) is 4.01. The first-order chi connectivity index (χ1) is 10.3. The molecule has 5 heteroatoms. The van der Waals surface area contributed by atoms with Crippen LogP contribution in [0.4, 0.5) is 0 Å². The normalized spacial score (nSPS) is 27.5. The Bertz CT molecular complexity index is 427. The summed E-state index contributed by atoms with van der Waals surface area (Å²) in [7, 11) is 1.77. The zero-order valence-electron chi connectivity index (χ0n) is 12.8. The minimum Gasteiger partial charge on any atom is -0.383 e. The van der Waals surface area contributed by atoms with E-state index in [2.05, 4.69) is 26.9 Å². The van der Waals surface area contributed by atoms with Gasteiger partial charge in [-0.05, 0) is 12.1 Å². The molecular formula is C16H25N3O2. The molecule has 116 valence electrons. The van der Waals surface area contributed by atoms with E-state index in [4.69, 9.17) is 9.47 Å². The summed E-state index contributed by atoms with van der Waals surface area (Å²) in [5.41, 5.74) is 1.14. The summed E-state index contributed by atoms with van der Waals surface area (Å²) in [6.45, 7) is 7.84. The molecule has 21 heavy (non-hydrogen) atoms. The molecule has 3 rings (SSSR count). The van der Waals surface area contributed by atoms with Crippen LogP contribution in [-0.2, 0) is 16.0 Å². The number of hydrogen-bond acceptors (Lipinski definition) is 5. The Hall–Kier alpha value is -1.01. The molecule has 2 saturated heterocycles. The number of hydrogen-bond donors (Lipinski definition) is 0. The van der Waals surface area contributed by atoms with Crippen LogP contribution < -0.4 is 0 Å². The quantitative estimate of drug-likeness (QED) is 0.804. The van der Waals surface area contributed by atoms with Gasteiger partial charge in [-0.1, -0.05) is 6.07 Å². The number of likely N-dealkylation sites (tertiary alicyclic amines) is 1. The number of fused-ring (bicyclic) bond motifs is 1. The van der Waals surface area contributed by atoms with E-state index in [0.717, 1.165) is 58.2 Å². The zero-order valence-corrected chi connectivity index (χ0v) is 12.8. The average molecular weight is 291 g/mol. The van der Waals surface area contributed by atoms with Crippen LogP contribution in [-0.4, -0.2) is 73.9 Å². The average Bonchev–Trinajstić information content (AvgIpc) is 2.77. The number of aromatic nitrogens is 1. The lowest BCUT2D eigenvalue weighted by molar-refractivity contribution is 0.0506. The van der Waals surface area contributed by atoms with Gasteiger partial charge in [0.25, 0.3) is 0 Å². The van der Waals surface area contributed by atoms with Crippen LogP contribution >= 0.6 is 0 Å². The second kappa shape index (κ2) is 7.31. The van der Waals surface area contributed by atoms with Crippen LogP contribution in [0.3, 0.4) is 0 Å². The molecule has 1 aromatic rings. The zero-order chi connectivity index (χ0) is 14.5. The van der Waals surface area contributed by atoms with Gasteiger partial charge in [-0.2, -0.15) is 0 Å². The predicted molar refractivity (Wildman–Crippen MR) is 81.1 cm³/mol. The minimum absolute atomic E-state index is 0.376. The highest BCUT2D eigenvalue weighted by Crippen LogP contribution is 2.24. The first-order valence-corrected chi connectivity index (χ1v) is 7.80. The molecule has 3 heterocycles. The molecule has 2 aliphatic heterocycles. The maximum atomic E-state index is 6.06. The monoisotopic (exact) mass is 291 g/mol. The number of nitrogens with zero attached hydrogens (tertiary/aromatic N) is 3. The summed E-state index contributed by atoms with van der Waals surface area (Å²) in [4.78, 5) is 9.36. The lowest BCUT2D eigenvalue weighted by Gasteiger charge is -2.22.